The summed E-state index contributed by atoms with van der Waals surface area (Å²) in [5.74, 6) is 0.220. The van der Waals surface area contributed by atoms with Crippen molar-refractivity contribution in [2.75, 3.05) is 26.1 Å². The van der Waals surface area contributed by atoms with E-state index in [4.69, 9.17) is 9.47 Å². The second-order valence-electron chi connectivity index (χ2n) is 3.08. The monoisotopic (exact) mass is 251 g/mol. The van der Waals surface area contributed by atoms with Crippen LogP contribution in [-0.2, 0) is 15.7 Å². The van der Waals surface area contributed by atoms with Crippen LogP contribution >= 0.6 is 0 Å². The van der Waals surface area contributed by atoms with Gasteiger partial charge in [-0.2, -0.15) is 13.2 Å². The molecule has 0 amide bonds. The van der Waals surface area contributed by atoms with Gasteiger partial charge in [0.1, 0.15) is 5.82 Å². The lowest BCUT2D eigenvalue weighted by Crippen LogP contribution is -2.24. The molecular formula is C9H12F3N3O2. The largest absolute Gasteiger partial charge is 0.435 e. The standard InChI is InChI=1S/C9H12F3N3O2/c1-16-8(17-2)5-13-7-4-3-6(14-15-7)9(10,11)12/h3-4,8H,5H2,1-2H3,(H,13,15). The lowest BCUT2D eigenvalue weighted by atomic mass is 10.4. The Labute approximate surface area is 95.9 Å². The number of halogens is 3. The number of alkyl halides is 3. The van der Waals surface area contributed by atoms with Crippen LogP contribution in [0.15, 0.2) is 12.1 Å². The Morgan fingerprint density at radius 3 is 2.29 bits per heavy atom. The minimum Gasteiger partial charge on any atom is -0.363 e. The van der Waals surface area contributed by atoms with Gasteiger partial charge in [0.15, 0.2) is 12.0 Å². The molecule has 0 aliphatic carbocycles. The summed E-state index contributed by atoms with van der Waals surface area (Å²) in [5, 5.41) is 9.19. The summed E-state index contributed by atoms with van der Waals surface area (Å²) in [4.78, 5) is 0. The van der Waals surface area contributed by atoms with Gasteiger partial charge in [0.05, 0.1) is 6.54 Å². The number of aromatic nitrogens is 2. The zero-order valence-corrected chi connectivity index (χ0v) is 9.28. The van der Waals surface area contributed by atoms with Crippen LogP contribution in [0.3, 0.4) is 0 Å². The molecule has 0 bridgehead atoms. The molecule has 0 saturated carbocycles. The molecule has 17 heavy (non-hydrogen) atoms. The Morgan fingerprint density at radius 1 is 1.24 bits per heavy atom. The normalized spacial score (nSPS) is 11.9. The van der Waals surface area contributed by atoms with Gasteiger partial charge in [-0.05, 0) is 12.1 Å². The molecular weight excluding hydrogens is 239 g/mol. The van der Waals surface area contributed by atoms with Gasteiger partial charge in [-0.25, -0.2) is 0 Å². The molecule has 1 rings (SSSR count). The zero-order chi connectivity index (χ0) is 12.9. The third-order valence-corrected chi connectivity index (χ3v) is 1.93. The molecule has 0 saturated heterocycles. The maximum atomic E-state index is 12.2. The van der Waals surface area contributed by atoms with Crippen LogP contribution in [-0.4, -0.2) is 37.3 Å². The van der Waals surface area contributed by atoms with Crippen molar-refractivity contribution in [3.8, 4) is 0 Å². The summed E-state index contributed by atoms with van der Waals surface area (Å²) in [7, 11) is 2.91. The highest BCUT2D eigenvalue weighted by atomic mass is 19.4. The Hall–Kier alpha value is -1.41. The van der Waals surface area contributed by atoms with Crippen molar-refractivity contribution >= 4 is 5.82 Å². The topological polar surface area (TPSA) is 56.3 Å². The number of nitrogens with zero attached hydrogens (tertiary/aromatic N) is 2. The average Bonchev–Trinajstić information content (AvgIpc) is 2.30. The molecule has 1 N–H and O–H groups in total. The van der Waals surface area contributed by atoms with Crippen molar-refractivity contribution < 1.29 is 22.6 Å². The Kier molecular flexibility index (Phi) is 4.64. The van der Waals surface area contributed by atoms with Gasteiger partial charge in [-0.1, -0.05) is 0 Å². The van der Waals surface area contributed by atoms with Gasteiger partial charge in [0.25, 0.3) is 0 Å². The summed E-state index contributed by atoms with van der Waals surface area (Å²) in [6.07, 6.45) is -4.98. The van der Waals surface area contributed by atoms with E-state index in [-0.39, 0.29) is 12.4 Å². The second-order valence-corrected chi connectivity index (χ2v) is 3.08. The first-order chi connectivity index (χ1) is 7.97. The van der Waals surface area contributed by atoms with Gasteiger partial charge >= 0.3 is 6.18 Å². The summed E-state index contributed by atoms with van der Waals surface area (Å²) in [6.45, 7) is 0.257. The predicted octanol–water partition coefficient (Wildman–Crippen LogP) is 1.53. The number of ether oxygens (including phenoxy) is 2. The molecule has 1 aromatic rings. The number of anilines is 1. The third kappa shape index (κ3) is 4.16. The Bertz CT molecular complexity index is 338. The molecule has 0 spiro atoms. The first-order valence-electron chi connectivity index (χ1n) is 4.67. The predicted molar refractivity (Wildman–Crippen MR) is 53.3 cm³/mol. The van der Waals surface area contributed by atoms with E-state index in [1.807, 2.05) is 0 Å². The van der Waals surface area contributed by atoms with Crippen molar-refractivity contribution in [1.82, 2.24) is 10.2 Å². The summed E-state index contributed by atoms with van der Waals surface area (Å²) in [6, 6.07) is 2.04. The van der Waals surface area contributed by atoms with Crippen molar-refractivity contribution in [2.45, 2.75) is 12.5 Å². The molecule has 96 valence electrons. The fraction of sp³-hybridized carbons (Fsp3) is 0.556. The molecule has 0 fully saturated rings. The number of rotatable bonds is 5. The quantitative estimate of drug-likeness (QED) is 0.804. The van der Waals surface area contributed by atoms with Crippen LogP contribution in [0.5, 0.6) is 0 Å². The average molecular weight is 251 g/mol. The van der Waals surface area contributed by atoms with Crippen molar-refractivity contribution in [3.63, 3.8) is 0 Å². The summed E-state index contributed by atoms with van der Waals surface area (Å²) >= 11 is 0. The van der Waals surface area contributed by atoms with Gasteiger partial charge in [0, 0.05) is 14.2 Å². The minimum atomic E-state index is -4.48. The molecule has 1 aromatic heterocycles. The first kappa shape index (κ1) is 13.7. The van der Waals surface area contributed by atoms with Gasteiger partial charge in [-0.3, -0.25) is 0 Å². The second kappa shape index (κ2) is 5.78. The maximum Gasteiger partial charge on any atom is 0.435 e. The molecule has 1 heterocycles. The van der Waals surface area contributed by atoms with E-state index < -0.39 is 18.2 Å². The van der Waals surface area contributed by atoms with Crippen molar-refractivity contribution in [3.05, 3.63) is 17.8 Å². The SMILES string of the molecule is COC(CNc1ccc(C(F)(F)F)nn1)OC. The number of hydrogen-bond acceptors (Lipinski definition) is 5. The highest BCUT2D eigenvalue weighted by Gasteiger charge is 2.32. The van der Waals surface area contributed by atoms with Crippen LogP contribution in [0.25, 0.3) is 0 Å². The lowest BCUT2D eigenvalue weighted by molar-refractivity contribution is -0.141. The molecule has 8 heteroatoms. The third-order valence-electron chi connectivity index (χ3n) is 1.93. The zero-order valence-electron chi connectivity index (χ0n) is 9.28. The fourth-order valence-electron chi connectivity index (χ4n) is 1.03. The van der Waals surface area contributed by atoms with Crippen LogP contribution < -0.4 is 5.32 Å². The van der Waals surface area contributed by atoms with E-state index in [1.54, 1.807) is 0 Å². The van der Waals surface area contributed by atoms with Gasteiger partial charge in [-0.15, -0.1) is 10.2 Å². The van der Waals surface area contributed by atoms with Crippen LogP contribution in [0.2, 0.25) is 0 Å². The lowest BCUT2D eigenvalue weighted by Gasteiger charge is -2.14. The van der Waals surface area contributed by atoms with E-state index >= 15 is 0 Å². The number of hydrogen-bond donors (Lipinski definition) is 1. The van der Waals surface area contributed by atoms with Gasteiger partial charge in [0.2, 0.25) is 0 Å². The summed E-state index contributed by atoms with van der Waals surface area (Å²) < 4.78 is 46.3. The van der Waals surface area contributed by atoms with Crippen LogP contribution in [0, 0.1) is 0 Å². The Balaban J connectivity index is 2.57. The van der Waals surface area contributed by atoms with E-state index in [1.165, 1.54) is 20.3 Å². The smallest absolute Gasteiger partial charge is 0.363 e. The van der Waals surface area contributed by atoms with Crippen LogP contribution in [0.4, 0.5) is 19.0 Å². The molecule has 5 nitrogen and oxygen atoms in total. The van der Waals surface area contributed by atoms with Crippen molar-refractivity contribution in [1.29, 1.82) is 0 Å². The fourth-order valence-corrected chi connectivity index (χ4v) is 1.03. The van der Waals surface area contributed by atoms with E-state index in [0.29, 0.717) is 0 Å². The highest BCUT2D eigenvalue weighted by molar-refractivity contribution is 5.33. The number of methoxy groups -OCH3 is 2. The Morgan fingerprint density at radius 2 is 1.88 bits per heavy atom. The van der Waals surface area contributed by atoms with Gasteiger partial charge < -0.3 is 14.8 Å². The molecule has 0 aromatic carbocycles. The molecule has 0 aliphatic rings. The first-order valence-corrected chi connectivity index (χ1v) is 4.67. The van der Waals surface area contributed by atoms with Crippen molar-refractivity contribution in [2.24, 2.45) is 0 Å². The van der Waals surface area contributed by atoms with E-state index in [2.05, 4.69) is 15.5 Å². The summed E-state index contributed by atoms with van der Waals surface area (Å²) in [5.41, 5.74) is -1.03. The minimum absolute atomic E-state index is 0.220. The molecule has 0 aliphatic heterocycles. The highest BCUT2D eigenvalue weighted by Crippen LogP contribution is 2.26. The maximum absolute atomic E-state index is 12.2. The van der Waals surface area contributed by atoms with E-state index in [9.17, 15) is 13.2 Å². The molecule has 0 unspecified atom stereocenters. The molecule has 0 radical (unpaired) electrons. The number of nitrogens with one attached hydrogen (secondary N) is 1. The molecule has 0 atom stereocenters. The van der Waals surface area contributed by atoms with E-state index in [0.717, 1.165) is 6.07 Å². The van der Waals surface area contributed by atoms with Crippen LogP contribution in [0.1, 0.15) is 5.69 Å².